The van der Waals surface area contributed by atoms with Crippen LogP contribution in [0, 0.1) is 0 Å². The van der Waals surface area contributed by atoms with E-state index < -0.39 is 0 Å². The molecule has 0 atom stereocenters. The van der Waals surface area contributed by atoms with Crippen molar-refractivity contribution in [2.24, 2.45) is 0 Å². The maximum absolute atomic E-state index is 6.42. The summed E-state index contributed by atoms with van der Waals surface area (Å²) in [7, 11) is 0. The third-order valence-electron chi connectivity index (χ3n) is 4.72. The maximum Gasteiger partial charge on any atom is 0.0584 e. The predicted octanol–water partition coefficient (Wildman–Crippen LogP) is 8.18. The third kappa shape index (κ3) is 2.87. The summed E-state index contributed by atoms with van der Waals surface area (Å²) in [6, 6.07) is 33.7. The fourth-order valence-corrected chi connectivity index (χ4v) is 4.87. The number of thiophene rings is 1. The molecule has 0 N–H and O–H groups in total. The van der Waals surface area contributed by atoms with Gasteiger partial charge in [0.1, 0.15) is 0 Å². The second kappa shape index (κ2) is 6.73. The van der Waals surface area contributed by atoms with Crippen molar-refractivity contribution in [1.29, 1.82) is 0 Å². The van der Waals surface area contributed by atoms with E-state index in [4.69, 9.17) is 11.6 Å². The first-order valence-electron chi connectivity index (χ1n) is 8.82. The van der Waals surface area contributed by atoms with Gasteiger partial charge < -0.3 is 4.90 Å². The maximum atomic E-state index is 6.42. The summed E-state index contributed by atoms with van der Waals surface area (Å²) in [6.07, 6.45) is 0. The Bertz CT molecular complexity index is 1190. The summed E-state index contributed by atoms with van der Waals surface area (Å²) >= 11 is 8.17. The van der Waals surface area contributed by atoms with Crippen LogP contribution in [0.2, 0.25) is 5.02 Å². The molecule has 1 aromatic heterocycles. The van der Waals surface area contributed by atoms with E-state index in [1.54, 1.807) is 11.3 Å². The Balaban J connectivity index is 1.75. The van der Waals surface area contributed by atoms with Crippen LogP contribution in [0.15, 0.2) is 97.1 Å². The quantitative estimate of drug-likeness (QED) is 0.302. The molecule has 5 rings (SSSR count). The van der Waals surface area contributed by atoms with Gasteiger partial charge in [-0.25, -0.2) is 0 Å². The number of halogens is 1. The van der Waals surface area contributed by atoms with Crippen molar-refractivity contribution in [2.45, 2.75) is 0 Å². The highest BCUT2D eigenvalue weighted by molar-refractivity contribution is 7.26. The van der Waals surface area contributed by atoms with Gasteiger partial charge in [-0.2, -0.15) is 0 Å². The molecule has 0 aliphatic carbocycles. The molecule has 3 heteroatoms. The lowest BCUT2D eigenvalue weighted by atomic mass is 10.1. The van der Waals surface area contributed by atoms with Crippen molar-refractivity contribution < 1.29 is 0 Å². The number of nitrogens with zero attached hydrogens (tertiary/aromatic N) is 1. The van der Waals surface area contributed by atoms with Crippen LogP contribution >= 0.6 is 22.9 Å². The highest BCUT2D eigenvalue weighted by Gasteiger charge is 2.14. The van der Waals surface area contributed by atoms with E-state index in [1.807, 2.05) is 24.3 Å². The average molecular weight is 386 g/mol. The second-order valence-electron chi connectivity index (χ2n) is 6.41. The Hall–Kier alpha value is -2.81. The Labute approximate surface area is 167 Å². The van der Waals surface area contributed by atoms with Crippen LogP contribution in [0.1, 0.15) is 0 Å². The van der Waals surface area contributed by atoms with Gasteiger partial charge in [0.15, 0.2) is 0 Å². The molecule has 0 aliphatic heterocycles. The highest BCUT2D eigenvalue weighted by Crippen LogP contribution is 2.42. The van der Waals surface area contributed by atoms with Gasteiger partial charge in [0.2, 0.25) is 0 Å². The molecule has 5 aromatic rings. The fraction of sp³-hybridized carbons (Fsp3) is 0. The van der Waals surface area contributed by atoms with Crippen LogP contribution in [0.3, 0.4) is 0 Å². The van der Waals surface area contributed by atoms with Crippen LogP contribution in [0.25, 0.3) is 20.2 Å². The molecule has 0 radical (unpaired) electrons. The topological polar surface area (TPSA) is 3.24 Å². The number of hydrogen-bond acceptors (Lipinski definition) is 2. The average Bonchev–Trinajstić information content (AvgIpc) is 3.10. The van der Waals surface area contributed by atoms with Gasteiger partial charge >= 0.3 is 0 Å². The molecule has 130 valence electrons. The number of hydrogen-bond donors (Lipinski definition) is 0. The first kappa shape index (κ1) is 16.4. The molecular formula is C24H16ClNS. The SMILES string of the molecule is Clc1cccc2c1sc1ccc(N(c3ccccc3)c3ccccc3)cc12. The van der Waals surface area contributed by atoms with Gasteiger partial charge in [-0.05, 0) is 48.5 Å². The van der Waals surface area contributed by atoms with Gasteiger partial charge in [-0.1, -0.05) is 60.1 Å². The van der Waals surface area contributed by atoms with E-state index in [-0.39, 0.29) is 0 Å². The van der Waals surface area contributed by atoms with E-state index in [2.05, 4.69) is 77.7 Å². The Morgan fingerprint density at radius 1 is 0.593 bits per heavy atom. The molecule has 4 aromatic carbocycles. The normalized spacial score (nSPS) is 11.1. The van der Waals surface area contributed by atoms with Gasteiger partial charge in [0.05, 0.1) is 9.72 Å². The van der Waals surface area contributed by atoms with Crippen LogP contribution in [0.4, 0.5) is 17.1 Å². The number of rotatable bonds is 3. The minimum absolute atomic E-state index is 0.818. The van der Waals surface area contributed by atoms with E-state index in [1.165, 1.54) is 15.5 Å². The van der Waals surface area contributed by atoms with Crippen LogP contribution in [-0.2, 0) is 0 Å². The van der Waals surface area contributed by atoms with Gasteiger partial charge in [-0.15, -0.1) is 11.3 Å². The Morgan fingerprint density at radius 3 is 1.93 bits per heavy atom. The smallest absolute Gasteiger partial charge is 0.0584 e. The molecule has 0 aliphatic rings. The molecule has 0 unspecified atom stereocenters. The fourth-order valence-electron chi connectivity index (χ4n) is 3.49. The van der Waals surface area contributed by atoms with Crippen molar-refractivity contribution >= 4 is 60.2 Å². The van der Waals surface area contributed by atoms with E-state index >= 15 is 0 Å². The van der Waals surface area contributed by atoms with Gasteiger partial charge in [0, 0.05) is 32.5 Å². The van der Waals surface area contributed by atoms with Crippen molar-refractivity contribution in [3.05, 3.63) is 102 Å². The number of benzene rings is 4. The summed E-state index contributed by atoms with van der Waals surface area (Å²) in [5.41, 5.74) is 3.42. The number of fused-ring (bicyclic) bond motifs is 3. The third-order valence-corrected chi connectivity index (χ3v) is 6.37. The minimum atomic E-state index is 0.818. The molecule has 0 spiro atoms. The molecule has 0 saturated heterocycles. The zero-order valence-corrected chi connectivity index (χ0v) is 16.0. The van der Waals surface area contributed by atoms with Crippen LogP contribution in [-0.4, -0.2) is 0 Å². The number of anilines is 3. The zero-order valence-electron chi connectivity index (χ0n) is 14.5. The molecule has 27 heavy (non-hydrogen) atoms. The summed E-state index contributed by atoms with van der Waals surface area (Å²) in [5, 5.41) is 3.27. The summed E-state index contributed by atoms with van der Waals surface area (Å²) in [5.74, 6) is 0. The van der Waals surface area contributed by atoms with Crippen molar-refractivity contribution in [3.63, 3.8) is 0 Å². The van der Waals surface area contributed by atoms with Crippen molar-refractivity contribution in [1.82, 2.24) is 0 Å². The monoisotopic (exact) mass is 385 g/mol. The number of para-hydroxylation sites is 2. The van der Waals surface area contributed by atoms with Gasteiger partial charge in [0.25, 0.3) is 0 Å². The molecular weight excluding hydrogens is 370 g/mol. The minimum Gasteiger partial charge on any atom is -0.310 e. The molecule has 0 amide bonds. The summed E-state index contributed by atoms with van der Waals surface area (Å²) < 4.78 is 2.40. The van der Waals surface area contributed by atoms with Crippen LogP contribution in [0.5, 0.6) is 0 Å². The van der Waals surface area contributed by atoms with Crippen molar-refractivity contribution in [2.75, 3.05) is 4.90 Å². The Kier molecular flexibility index (Phi) is 4.08. The van der Waals surface area contributed by atoms with Gasteiger partial charge in [-0.3, -0.25) is 0 Å². The molecule has 0 saturated carbocycles. The molecule has 0 fully saturated rings. The first-order chi connectivity index (χ1) is 13.3. The summed E-state index contributed by atoms with van der Waals surface area (Å²) in [4.78, 5) is 2.29. The standard InChI is InChI=1S/C24H16ClNS/c25-22-13-7-12-20-21-16-19(14-15-23(21)27-24(20)22)26(17-8-3-1-4-9-17)18-10-5-2-6-11-18/h1-16H. The van der Waals surface area contributed by atoms with Crippen LogP contribution < -0.4 is 4.90 Å². The molecule has 1 heterocycles. The van der Waals surface area contributed by atoms with Crippen molar-refractivity contribution in [3.8, 4) is 0 Å². The van der Waals surface area contributed by atoms with E-state index in [9.17, 15) is 0 Å². The lowest BCUT2D eigenvalue weighted by molar-refractivity contribution is 1.29. The zero-order chi connectivity index (χ0) is 18.2. The largest absolute Gasteiger partial charge is 0.310 e. The lowest BCUT2D eigenvalue weighted by Gasteiger charge is -2.25. The Morgan fingerprint density at radius 2 is 1.26 bits per heavy atom. The molecule has 1 nitrogen and oxygen atoms in total. The lowest BCUT2D eigenvalue weighted by Crippen LogP contribution is -2.09. The summed E-state index contributed by atoms with van der Waals surface area (Å²) in [6.45, 7) is 0. The highest BCUT2D eigenvalue weighted by atomic mass is 35.5. The van der Waals surface area contributed by atoms with E-state index in [0.29, 0.717) is 0 Å². The molecule has 0 bridgehead atoms. The predicted molar refractivity (Wildman–Crippen MR) is 119 cm³/mol. The van der Waals surface area contributed by atoms with E-state index in [0.717, 1.165) is 26.8 Å². The second-order valence-corrected chi connectivity index (χ2v) is 7.86. The first-order valence-corrected chi connectivity index (χ1v) is 10.0.